The zero-order valence-corrected chi connectivity index (χ0v) is 13.2. The van der Waals surface area contributed by atoms with E-state index in [1.165, 1.54) is 18.2 Å². The Kier molecular flexibility index (Phi) is 5.93. The first-order valence-electron chi connectivity index (χ1n) is 7.10. The Bertz CT molecular complexity index is 662. The molecule has 0 fully saturated rings. The highest BCUT2D eigenvalue weighted by atomic mass is 35.5. The highest BCUT2D eigenvalue weighted by Crippen LogP contribution is 2.21. The van der Waals surface area contributed by atoms with Gasteiger partial charge in [-0.15, -0.1) is 0 Å². The lowest BCUT2D eigenvalue weighted by Crippen LogP contribution is -2.28. The lowest BCUT2D eigenvalue weighted by molar-refractivity contribution is -0.0498. The minimum absolute atomic E-state index is 0.0489. The number of alkyl halides is 2. The molecule has 1 amide bonds. The van der Waals surface area contributed by atoms with Gasteiger partial charge < -0.3 is 10.1 Å². The van der Waals surface area contributed by atoms with Gasteiger partial charge in [0.15, 0.2) is 0 Å². The third kappa shape index (κ3) is 4.93. The topological polar surface area (TPSA) is 38.3 Å². The standard InChI is InChI=1S/C17H16ClF2NO2/c1-2-15(11-6-8-13(18)9-7-11)21-16(22)12-4-3-5-14(10-12)23-17(19)20/h3-10,15,17H,2H2,1H3,(H,21,22). The molecule has 0 bridgehead atoms. The third-order valence-corrected chi connectivity index (χ3v) is 3.56. The molecule has 0 saturated heterocycles. The number of amides is 1. The first-order chi connectivity index (χ1) is 11.0. The van der Waals surface area contributed by atoms with E-state index in [1.807, 2.05) is 19.1 Å². The molecular weight excluding hydrogens is 324 g/mol. The van der Waals surface area contributed by atoms with Gasteiger partial charge in [0, 0.05) is 10.6 Å². The van der Waals surface area contributed by atoms with E-state index in [1.54, 1.807) is 18.2 Å². The maximum atomic E-state index is 12.3. The van der Waals surface area contributed by atoms with Gasteiger partial charge in [0.25, 0.3) is 5.91 Å². The molecule has 2 aromatic rings. The number of carbonyl (C=O) groups is 1. The Morgan fingerprint density at radius 1 is 1.22 bits per heavy atom. The van der Waals surface area contributed by atoms with Crippen molar-refractivity contribution in [3.63, 3.8) is 0 Å². The minimum Gasteiger partial charge on any atom is -0.435 e. The number of carbonyl (C=O) groups excluding carboxylic acids is 1. The smallest absolute Gasteiger partial charge is 0.387 e. The number of nitrogens with one attached hydrogen (secondary N) is 1. The molecule has 1 atom stereocenters. The average Bonchev–Trinajstić information content (AvgIpc) is 2.53. The lowest BCUT2D eigenvalue weighted by Gasteiger charge is -2.18. The van der Waals surface area contributed by atoms with E-state index in [0.717, 1.165) is 5.56 Å². The van der Waals surface area contributed by atoms with Crippen LogP contribution in [0.3, 0.4) is 0 Å². The molecule has 0 heterocycles. The summed E-state index contributed by atoms with van der Waals surface area (Å²) in [6.45, 7) is -0.985. The van der Waals surface area contributed by atoms with E-state index in [4.69, 9.17) is 11.6 Å². The second-order valence-electron chi connectivity index (χ2n) is 4.89. The molecule has 2 aromatic carbocycles. The Labute approximate surface area is 138 Å². The maximum Gasteiger partial charge on any atom is 0.387 e. The van der Waals surface area contributed by atoms with Crippen molar-refractivity contribution in [2.75, 3.05) is 0 Å². The fourth-order valence-electron chi connectivity index (χ4n) is 2.17. The molecule has 1 N–H and O–H groups in total. The lowest BCUT2D eigenvalue weighted by atomic mass is 10.0. The van der Waals surface area contributed by atoms with Gasteiger partial charge in [-0.1, -0.05) is 36.7 Å². The van der Waals surface area contributed by atoms with Gasteiger partial charge in [0.2, 0.25) is 0 Å². The van der Waals surface area contributed by atoms with E-state index >= 15 is 0 Å². The third-order valence-electron chi connectivity index (χ3n) is 3.31. The monoisotopic (exact) mass is 339 g/mol. The molecule has 6 heteroatoms. The second-order valence-corrected chi connectivity index (χ2v) is 5.33. The normalized spacial score (nSPS) is 12.0. The van der Waals surface area contributed by atoms with Crippen LogP contribution >= 0.6 is 11.6 Å². The Balaban J connectivity index is 2.11. The summed E-state index contributed by atoms with van der Waals surface area (Å²) in [4.78, 5) is 12.3. The number of halogens is 3. The van der Waals surface area contributed by atoms with E-state index in [9.17, 15) is 13.6 Å². The largest absolute Gasteiger partial charge is 0.435 e. The van der Waals surface area contributed by atoms with Crippen LogP contribution in [0.5, 0.6) is 5.75 Å². The fourth-order valence-corrected chi connectivity index (χ4v) is 2.30. The molecule has 3 nitrogen and oxygen atoms in total. The van der Waals surface area contributed by atoms with Crippen LogP contribution in [0.1, 0.15) is 35.3 Å². The van der Waals surface area contributed by atoms with Gasteiger partial charge in [0.1, 0.15) is 5.75 Å². The van der Waals surface area contributed by atoms with Crippen molar-refractivity contribution < 1.29 is 18.3 Å². The summed E-state index contributed by atoms with van der Waals surface area (Å²) in [5.41, 5.74) is 1.18. The van der Waals surface area contributed by atoms with E-state index in [0.29, 0.717) is 11.4 Å². The van der Waals surface area contributed by atoms with Crippen molar-refractivity contribution in [1.82, 2.24) is 5.32 Å². The van der Waals surface area contributed by atoms with Crippen LogP contribution in [0.2, 0.25) is 5.02 Å². The zero-order valence-electron chi connectivity index (χ0n) is 12.4. The molecule has 23 heavy (non-hydrogen) atoms. The molecule has 1 unspecified atom stereocenters. The van der Waals surface area contributed by atoms with Crippen LogP contribution < -0.4 is 10.1 Å². The Morgan fingerprint density at radius 2 is 1.91 bits per heavy atom. The molecule has 0 aromatic heterocycles. The molecule has 0 radical (unpaired) electrons. The summed E-state index contributed by atoms with van der Waals surface area (Å²) in [6.07, 6.45) is 0.681. The summed E-state index contributed by atoms with van der Waals surface area (Å²) in [5.74, 6) is -0.404. The molecule has 0 spiro atoms. The second kappa shape index (κ2) is 7.92. The van der Waals surface area contributed by atoms with Crippen LogP contribution in [0.4, 0.5) is 8.78 Å². The van der Waals surface area contributed by atoms with Crippen molar-refractivity contribution in [2.24, 2.45) is 0 Å². The van der Waals surface area contributed by atoms with Crippen LogP contribution in [0.25, 0.3) is 0 Å². The van der Waals surface area contributed by atoms with E-state index < -0.39 is 6.61 Å². The number of rotatable bonds is 6. The predicted molar refractivity (Wildman–Crippen MR) is 85.0 cm³/mol. The van der Waals surface area contributed by atoms with Gasteiger partial charge in [-0.25, -0.2) is 0 Å². The summed E-state index contributed by atoms with van der Waals surface area (Å²) in [6, 6.07) is 12.7. The van der Waals surface area contributed by atoms with Crippen molar-refractivity contribution in [1.29, 1.82) is 0 Å². The van der Waals surface area contributed by atoms with Crippen molar-refractivity contribution >= 4 is 17.5 Å². The summed E-state index contributed by atoms with van der Waals surface area (Å²) in [5, 5.41) is 3.49. The van der Waals surface area contributed by atoms with Gasteiger partial charge >= 0.3 is 6.61 Å². The number of benzene rings is 2. The van der Waals surface area contributed by atoms with Crippen LogP contribution in [-0.4, -0.2) is 12.5 Å². The average molecular weight is 340 g/mol. The SMILES string of the molecule is CCC(NC(=O)c1cccc(OC(F)F)c1)c1ccc(Cl)cc1. The molecule has 0 aliphatic rings. The van der Waals surface area contributed by atoms with Crippen LogP contribution in [0.15, 0.2) is 48.5 Å². The molecular formula is C17H16ClF2NO2. The number of hydrogen-bond donors (Lipinski definition) is 1. The van der Waals surface area contributed by atoms with Gasteiger partial charge in [-0.05, 0) is 42.3 Å². The summed E-state index contributed by atoms with van der Waals surface area (Å²) in [7, 11) is 0. The first-order valence-corrected chi connectivity index (χ1v) is 7.48. The summed E-state index contributed by atoms with van der Waals surface area (Å²) >= 11 is 5.86. The minimum atomic E-state index is -2.93. The van der Waals surface area contributed by atoms with E-state index in [-0.39, 0.29) is 23.3 Å². The highest BCUT2D eigenvalue weighted by molar-refractivity contribution is 6.30. The predicted octanol–water partition coefficient (Wildman–Crippen LogP) is 4.82. The van der Waals surface area contributed by atoms with Crippen molar-refractivity contribution in [3.05, 3.63) is 64.7 Å². The quantitative estimate of drug-likeness (QED) is 0.819. The number of ether oxygens (including phenoxy) is 1. The molecule has 2 rings (SSSR count). The fraction of sp³-hybridized carbons (Fsp3) is 0.235. The molecule has 122 valence electrons. The van der Waals surface area contributed by atoms with Gasteiger partial charge in [0.05, 0.1) is 6.04 Å². The Morgan fingerprint density at radius 3 is 2.52 bits per heavy atom. The first kappa shape index (κ1) is 17.2. The molecule has 0 saturated carbocycles. The maximum absolute atomic E-state index is 12.3. The Hall–Kier alpha value is -2.14. The zero-order chi connectivity index (χ0) is 16.8. The molecule has 0 aliphatic heterocycles. The summed E-state index contributed by atoms with van der Waals surface area (Å²) < 4.78 is 28.8. The van der Waals surface area contributed by atoms with Gasteiger partial charge in [-0.3, -0.25) is 4.79 Å². The van der Waals surface area contributed by atoms with Gasteiger partial charge in [-0.2, -0.15) is 8.78 Å². The number of hydrogen-bond acceptors (Lipinski definition) is 2. The molecule has 0 aliphatic carbocycles. The van der Waals surface area contributed by atoms with Crippen LogP contribution in [-0.2, 0) is 0 Å². The van der Waals surface area contributed by atoms with E-state index in [2.05, 4.69) is 10.1 Å². The highest BCUT2D eigenvalue weighted by Gasteiger charge is 2.15. The van der Waals surface area contributed by atoms with Crippen molar-refractivity contribution in [2.45, 2.75) is 26.0 Å². The van der Waals surface area contributed by atoms with Crippen LogP contribution in [0, 0.1) is 0 Å². The van der Waals surface area contributed by atoms with Crippen molar-refractivity contribution in [3.8, 4) is 5.75 Å².